The summed E-state index contributed by atoms with van der Waals surface area (Å²) in [6.45, 7) is 0. The molecule has 0 radical (unpaired) electrons. The number of phenols is 1. The van der Waals surface area contributed by atoms with Crippen molar-refractivity contribution in [3.05, 3.63) is 36.4 Å². The molecule has 2 aliphatic rings. The molecular weight excluding hydrogens is 230 g/mol. The number of amides is 2. The Morgan fingerprint density at radius 1 is 1.22 bits per heavy atom. The van der Waals surface area contributed by atoms with E-state index in [9.17, 15) is 14.7 Å². The summed E-state index contributed by atoms with van der Waals surface area (Å²) in [6.07, 6.45) is 5.35. The maximum atomic E-state index is 12.3. The monoisotopic (exact) mass is 243 g/mol. The van der Waals surface area contributed by atoms with E-state index in [1.54, 1.807) is 12.1 Å². The van der Waals surface area contributed by atoms with Gasteiger partial charge in [0.15, 0.2) is 0 Å². The predicted molar refractivity (Wildman–Crippen MR) is 66.0 cm³/mol. The van der Waals surface area contributed by atoms with Crippen molar-refractivity contribution in [3.63, 3.8) is 0 Å². The van der Waals surface area contributed by atoms with Crippen LogP contribution in [0.4, 0.5) is 5.69 Å². The zero-order valence-electron chi connectivity index (χ0n) is 9.74. The number of rotatable bonds is 1. The highest BCUT2D eigenvalue weighted by Crippen LogP contribution is 2.37. The second-order valence-electron chi connectivity index (χ2n) is 4.67. The van der Waals surface area contributed by atoms with Crippen LogP contribution in [0.25, 0.3) is 0 Å². The van der Waals surface area contributed by atoms with E-state index in [1.165, 1.54) is 17.0 Å². The minimum atomic E-state index is -0.325. The Kier molecular flexibility index (Phi) is 2.44. The first kappa shape index (κ1) is 11.0. The van der Waals surface area contributed by atoms with Gasteiger partial charge in [-0.2, -0.15) is 0 Å². The van der Waals surface area contributed by atoms with Gasteiger partial charge in [-0.25, -0.2) is 4.90 Å². The SMILES string of the molecule is O=C1C2C=CCCC2C(=O)N1c1cccc(O)c1. The van der Waals surface area contributed by atoms with Gasteiger partial charge < -0.3 is 5.11 Å². The van der Waals surface area contributed by atoms with E-state index in [0.29, 0.717) is 5.69 Å². The Morgan fingerprint density at radius 2 is 2.06 bits per heavy atom. The van der Waals surface area contributed by atoms with Crippen molar-refractivity contribution in [2.75, 3.05) is 4.90 Å². The van der Waals surface area contributed by atoms with E-state index in [-0.39, 0.29) is 29.4 Å². The van der Waals surface area contributed by atoms with E-state index in [4.69, 9.17) is 0 Å². The van der Waals surface area contributed by atoms with Crippen LogP contribution in [-0.2, 0) is 9.59 Å². The van der Waals surface area contributed by atoms with E-state index >= 15 is 0 Å². The molecule has 4 nitrogen and oxygen atoms in total. The highest BCUT2D eigenvalue weighted by atomic mass is 16.3. The first-order valence-corrected chi connectivity index (χ1v) is 6.02. The summed E-state index contributed by atoms with van der Waals surface area (Å²) in [7, 11) is 0. The van der Waals surface area contributed by atoms with Crippen molar-refractivity contribution < 1.29 is 14.7 Å². The summed E-state index contributed by atoms with van der Waals surface area (Å²) in [6, 6.07) is 6.25. The lowest BCUT2D eigenvalue weighted by Gasteiger charge is -2.15. The molecule has 0 spiro atoms. The minimum absolute atomic E-state index is 0.0542. The number of fused-ring (bicyclic) bond motifs is 1. The van der Waals surface area contributed by atoms with Crippen molar-refractivity contribution in [1.82, 2.24) is 0 Å². The van der Waals surface area contributed by atoms with Crippen molar-refractivity contribution >= 4 is 17.5 Å². The molecule has 1 N–H and O–H groups in total. The van der Waals surface area contributed by atoms with E-state index in [1.807, 2.05) is 12.2 Å². The van der Waals surface area contributed by atoms with Gasteiger partial charge in [0.2, 0.25) is 11.8 Å². The number of phenolic OH excluding ortho intramolecular Hbond substituents is 1. The zero-order valence-corrected chi connectivity index (χ0v) is 9.74. The average molecular weight is 243 g/mol. The Hall–Kier alpha value is -2.10. The van der Waals surface area contributed by atoms with Crippen LogP contribution < -0.4 is 4.90 Å². The second kappa shape index (κ2) is 3.98. The lowest BCUT2D eigenvalue weighted by molar-refractivity contribution is -0.122. The number of hydrogen-bond acceptors (Lipinski definition) is 3. The van der Waals surface area contributed by atoms with Crippen LogP contribution in [0.1, 0.15) is 12.8 Å². The van der Waals surface area contributed by atoms with Gasteiger partial charge in [0.1, 0.15) is 5.75 Å². The molecule has 92 valence electrons. The molecule has 1 aliphatic heterocycles. The van der Waals surface area contributed by atoms with Crippen LogP contribution >= 0.6 is 0 Å². The van der Waals surface area contributed by atoms with Gasteiger partial charge in [-0.1, -0.05) is 18.2 Å². The largest absolute Gasteiger partial charge is 0.508 e. The molecule has 2 unspecified atom stereocenters. The van der Waals surface area contributed by atoms with Crippen molar-refractivity contribution in [2.45, 2.75) is 12.8 Å². The summed E-state index contributed by atoms with van der Waals surface area (Å²) in [5.41, 5.74) is 0.452. The predicted octanol–water partition coefficient (Wildman–Crippen LogP) is 1.85. The molecule has 1 heterocycles. The molecule has 2 amide bonds. The standard InChI is InChI=1S/C14H13NO3/c16-10-5-3-4-9(8-10)15-13(17)11-6-1-2-7-12(11)14(15)18/h1,3-6,8,11-12,16H,2,7H2. The average Bonchev–Trinajstić information content (AvgIpc) is 2.63. The third-order valence-electron chi connectivity index (χ3n) is 3.55. The van der Waals surface area contributed by atoms with Crippen molar-refractivity contribution in [3.8, 4) is 5.75 Å². The molecule has 3 rings (SSSR count). The van der Waals surface area contributed by atoms with E-state index < -0.39 is 0 Å². The molecule has 1 aromatic carbocycles. The Bertz CT molecular complexity index is 550. The van der Waals surface area contributed by atoms with Gasteiger partial charge in [-0.15, -0.1) is 0 Å². The fraction of sp³-hybridized carbons (Fsp3) is 0.286. The van der Waals surface area contributed by atoms with Gasteiger partial charge in [0.05, 0.1) is 17.5 Å². The van der Waals surface area contributed by atoms with Crippen LogP contribution in [0, 0.1) is 11.8 Å². The number of carbonyl (C=O) groups is 2. The highest BCUT2D eigenvalue weighted by molar-refractivity contribution is 6.22. The number of anilines is 1. The first-order chi connectivity index (χ1) is 8.68. The number of benzene rings is 1. The molecule has 1 saturated heterocycles. The van der Waals surface area contributed by atoms with Crippen LogP contribution in [0.15, 0.2) is 36.4 Å². The third-order valence-corrected chi connectivity index (χ3v) is 3.55. The molecule has 2 atom stereocenters. The van der Waals surface area contributed by atoms with E-state index in [0.717, 1.165) is 12.8 Å². The number of imide groups is 1. The lowest BCUT2D eigenvalue weighted by Crippen LogP contribution is -2.30. The Labute approximate surface area is 105 Å². The molecule has 1 fully saturated rings. The zero-order chi connectivity index (χ0) is 12.7. The normalized spacial score (nSPS) is 26.6. The smallest absolute Gasteiger partial charge is 0.241 e. The van der Waals surface area contributed by atoms with Crippen LogP contribution in [-0.4, -0.2) is 16.9 Å². The van der Waals surface area contributed by atoms with Crippen molar-refractivity contribution in [1.29, 1.82) is 0 Å². The van der Waals surface area contributed by atoms with E-state index in [2.05, 4.69) is 0 Å². The second-order valence-corrected chi connectivity index (χ2v) is 4.67. The molecule has 1 aromatic rings. The third kappa shape index (κ3) is 1.53. The van der Waals surface area contributed by atoms with Crippen LogP contribution in [0.5, 0.6) is 5.75 Å². The summed E-state index contributed by atoms with van der Waals surface area (Å²) in [4.78, 5) is 25.7. The Balaban J connectivity index is 2.01. The molecule has 1 aliphatic carbocycles. The number of allylic oxidation sites excluding steroid dienone is 1. The Morgan fingerprint density at radius 3 is 2.78 bits per heavy atom. The number of nitrogens with zero attached hydrogens (tertiary/aromatic N) is 1. The number of aromatic hydroxyl groups is 1. The fourth-order valence-corrected chi connectivity index (χ4v) is 2.67. The number of hydrogen-bond donors (Lipinski definition) is 1. The van der Waals surface area contributed by atoms with Gasteiger partial charge in [0.25, 0.3) is 0 Å². The summed E-state index contributed by atoms with van der Waals surface area (Å²) < 4.78 is 0. The maximum Gasteiger partial charge on any atom is 0.241 e. The minimum Gasteiger partial charge on any atom is -0.508 e. The summed E-state index contributed by atoms with van der Waals surface area (Å²) in [5.74, 6) is -0.844. The maximum absolute atomic E-state index is 12.3. The molecule has 0 saturated carbocycles. The van der Waals surface area contributed by atoms with Gasteiger partial charge in [0, 0.05) is 6.07 Å². The number of carbonyl (C=O) groups excluding carboxylic acids is 2. The van der Waals surface area contributed by atoms with Gasteiger partial charge >= 0.3 is 0 Å². The fourth-order valence-electron chi connectivity index (χ4n) is 2.67. The quantitative estimate of drug-likeness (QED) is 0.605. The van der Waals surface area contributed by atoms with Gasteiger partial charge in [-0.3, -0.25) is 9.59 Å². The molecule has 0 bridgehead atoms. The van der Waals surface area contributed by atoms with Crippen LogP contribution in [0.2, 0.25) is 0 Å². The molecular formula is C14H13NO3. The van der Waals surface area contributed by atoms with Gasteiger partial charge in [-0.05, 0) is 25.0 Å². The molecule has 4 heteroatoms. The summed E-state index contributed by atoms with van der Waals surface area (Å²) >= 11 is 0. The summed E-state index contributed by atoms with van der Waals surface area (Å²) in [5, 5.41) is 9.44. The van der Waals surface area contributed by atoms with Crippen LogP contribution in [0.3, 0.4) is 0 Å². The highest BCUT2D eigenvalue weighted by Gasteiger charge is 2.47. The molecule has 18 heavy (non-hydrogen) atoms. The topological polar surface area (TPSA) is 57.6 Å². The molecule has 0 aromatic heterocycles. The van der Waals surface area contributed by atoms with Crippen molar-refractivity contribution in [2.24, 2.45) is 11.8 Å². The lowest BCUT2D eigenvalue weighted by atomic mass is 9.86. The first-order valence-electron chi connectivity index (χ1n) is 6.02.